The van der Waals surface area contributed by atoms with Crippen LogP contribution in [0.25, 0.3) is 0 Å². The molecule has 0 atom stereocenters. The van der Waals surface area contributed by atoms with Crippen molar-refractivity contribution in [2.45, 2.75) is 102 Å². The first-order valence-electron chi connectivity index (χ1n) is 12.0. The van der Waals surface area contributed by atoms with Crippen LogP contribution in [-0.2, 0) is 10.1 Å². The predicted octanol–water partition coefficient (Wildman–Crippen LogP) is 3.57. The van der Waals surface area contributed by atoms with Crippen molar-refractivity contribution >= 4 is 15.9 Å². The molecule has 8 heteroatoms. The van der Waals surface area contributed by atoms with E-state index in [1.807, 2.05) is 0 Å². The van der Waals surface area contributed by atoms with Gasteiger partial charge in [0, 0.05) is 12.0 Å². The second-order valence-electron chi connectivity index (χ2n) is 8.21. The van der Waals surface area contributed by atoms with Crippen LogP contribution in [0.15, 0.2) is 35.2 Å². The Morgan fingerprint density at radius 1 is 0.970 bits per heavy atom. The van der Waals surface area contributed by atoms with Gasteiger partial charge in [-0.05, 0) is 50.3 Å². The maximum Gasteiger partial charge on any atom is 1.00 e. The molecule has 1 rings (SSSR count). The van der Waals surface area contributed by atoms with Crippen molar-refractivity contribution in [2.24, 2.45) is 5.73 Å². The fourth-order valence-corrected chi connectivity index (χ4v) is 4.25. The molecule has 0 aliphatic rings. The number of rotatable bonds is 19. The van der Waals surface area contributed by atoms with Crippen LogP contribution in [0.3, 0.4) is 0 Å². The fraction of sp³-hybridized carbons (Fsp3) is 0.640. The summed E-state index contributed by atoms with van der Waals surface area (Å²) in [6.07, 6.45) is 20.4. The largest absolute Gasteiger partial charge is 1.00 e. The van der Waals surface area contributed by atoms with Crippen LogP contribution in [0, 0.1) is 0 Å². The standard InChI is InChI=1S/C25H41NO5S.Na.H/c1-2-3-4-5-6-7-8-9-10-11-12-13-14-15-16-17-23(27)22-18-19-24(31-21-26)25(20-22)32(28,29)30;;/h9-10,18-20H,2-8,11-17,21,26H2,1H3,(H,28,29,30);;/q;+1;-1/b10-9-;;. The third kappa shape index (κ3) is 15.0. The van der Waals surface area contributed by atoms with E-state index in [9.17, 15) is 17.8 Å². The van der Waals surface area contributed by atoms with Crippen molar-refractivity contribution in [2.75, 3.05) is 6.73 Å². The Hall–Kier alpha value is -0.700. The topological polar surface area (TPSA) is 107 Å². The number of carbonyl (C=O) groups excluding carboxylic acids is 1. The number of Topliss-reactive ketones (excluding diaryl/α,β-unsaturated/α-hetero) is 1. The molecule has 0 aromatic heterocycles. The van der Waals surface area contributed by atoms with Crippen LogP contribution >= 0.6 is 0 Å². The number of carbonyl (C=O) groups is 1. The van der Waals surface area contributed by atoms with Gasteiger partial charge in [-0.3, -0.25) is 15.1 Å². The quantitative estimate of drug-likeness (QED) is 0.0765. The summed E-state index contributed by atoms with van der Waals surface area (Å²) in [5.41, 5.74) is 5.52. The number of benzene rings is 1. The molecule has 0 saturated heterocycles. The van der Waals surface area contributed by atoms with E-state index < -0.39 is 15.0 Å². The molecule has 0 unspecified atom stereocenters. The normalized spacial score (nSPS) is 11.5. The van der Waals surface area contributed by atoms with Crippen molar-refractivity contribution in [1.82, 2.24) is 0 Å². The van der Waals surface area contributed by atoms with Gasteiger partial charge in [-0.1, -0.05) is 70.4 Å². The molecule has 0 saturated carbocycles. The van der Waals surface area contributed by atoms with E-state index in [1.54, 1.807) is 0 Å². The number of hydrogen-bond donors (Lipinski definition) is 2. The fourth-order valence-electron chi connectivity index (χ4n) is 3.59. The van der Waals surface area contributed by atoms with Crippen molar-refractivity contribution in [3.8, 4) is 5.75 Å². The summed E-state index contributed by atoms with van der Waals surface area (Å²) in [6.45, 7) is 2.01. The molecule has 0 radical (unpaired) electrons. The number of allylic oxidation sites excluding steroid dienone is 2. The van der Waals surface area contributed by atoms with Gasteiger partial charge in [0.15, 0.2) is 5.78 Å². The third-order valence-corrected chi connectivity index (χ3v) is 6.32. The Morgan fingerprint density at radius 2 is 1.52 bits per heavy atom. The maximum absolute atomic E-state index is 12.4. The van der Waals surface area contributed by atoms with Crippen LogP contribution in [0.1, 0.15) is 109 Å². The van der Waals surface area contributed by atoms with Crippen LogP contribution in [0.2, 0.25) is 0 Å². The first-order chi connectivity index (χ1) is 15.4. The predicted molar refractivity (Wildman–Crippen MR) is 131 cm³/mol. The van der Waals surface area contributed by atoms with Crippen LogP contribution in [0.5, 0.6) is 5.75 Å². The number of hydrogen-bond acceptors (Lipinski definition) is 5. The van der Waals surface area contributed by atoms with Crippen molar-refractivity contribution < 1.29 is 53.5 Å². The Labute approximate surface area is 224 Å². The van der Waals surface area contributed by atoms with Gasteiger partial charge in [-0.15, -0.1) is 0 Å². The third-order valence-electron chi connectivity index (χ3n) is 5.45. The van der Waals surface area contributed by atoms with Crippen molar-refractivity contribution in [1.29, 1.82) is 0 Å². The number of unbranched alkanes of at least 4 members (excludes halogenated alkanes) is 11. The molecule has 0 amide bonds. The van der Waals surface area contributed by atoms with E-state index in [0.717, 1.165) is 38.2 Å². The van der Waals surface area contributed by atoms with Gasteiger partial charge in [0.1, 0.15) is 17.4 Å². The summed E-state index contributed by atoms with van der Waals surface area (Å²) in [4.78, 5) is 11.9. The minimum Gasteiger partial charge on any atom is -1.00 e. The second kappa shape index (κ2) is 19.6. The molecule has 0 aliphatic heterocycles. The average molecular weight is 492 g/mol. The van der Waals surface area contributed by atoms with Crippen LogP contribution in [0.4, 0.5) is 0 Å². The van der Waals surface area contributed by atoms with E-state index in [-0.39, 0.29) is 54.8 Å². The van der Waals surface area contributed by atoms with E-state index in [2.05, 4.69) is 19.1 Å². The Bertz CT molecular complexity index is 802. The van der Waals surface area contributed by atoms with Crippen molar-refractivity contribution in [3.05, 3.63) is 35.9 Å². The SMILES string of the molecule is CCCCCCCC/C=C\CCCCCCCC(=O)c1ccc(OCN)c(S(=O)(=O)O)c1.[H-].[Na+]. The molecule has 0 heterocycles. The molecule has 1 aromatic rings. The number of ether oxygens (including phenoxy) is 1. The van der Waals surface area contributed by atoms with Gasteiger partial charge >= 0.3 is 29.6 Å². The van der Waals surface area contributed by atoms with Gasteiger partial charge in [0.2, 0.25) is 0 Å². The summed E-state index contributed by atoms with van der Waals surface area (Å²) in [7, 11) is -4.50. The average Bonchev–Trinajstić information content (AvgIpc) is 2.76. The molecule has 0 aliphatic carbocycles. The Morgan fingerprint density at radius 3 is 2.06 bits per heavy atom. The molecule has 0 fully saturated rings. The van der Waals surface area contributed by atoms with Gasteiger partial charge in [0.05, 0.1) is 0 Å². The zero-order chi connectivity index (χ0) is 23.7. The molecule has 6 nitrogen and oxygen atoms in total. The minimum absolute atomic E-state index is 0. The molecule has 0 spiro atoms. The van der Waals surface area contributed by atoms with E-state index in [4.69, 9.17) is 10.5 Å². The summed E-state index contributed by atoms with van der Waals surface area (Å²) in [5, 5.41) is 0. The van der Waals surface area contributed by atoms with Crippen molar-refractivity contribution in [3.63, 3.8) is 0 Å². The molecule has 33 heavy (non-hydrogen) atoms. The Balaban J connectivity index is 0. The summed E-state index contributed by atoms with van der Waals surface area (Å²) < 4.78 is 37.4. The molecule has 1 aromatic carbocycles. The van der Waals surface area contributed by atoms with Crippen LogP contribution in [-0.4, -0.2) is 25.5 Å². The molecule has 3 N–H and O–H groups in total. The summed E-state index contributed by atoms with van der Waals surface area (Å²) >= 11 is 0. The molecule has 0 bridgehead atoms. The Kier molecular flexibility index (Phi) is 19.2. The maximum atomic E-state index is 12.4. The zero-order valence-electron chi connectivity index (χ0n) is 21.6. The number of nitrogens with two attached hydrogens (primary N) is 1. The second-order valence-corrected chi connectivity index (χ2v) is 9.60. The smallest absolute Gasteiger partial charge is 1.00 e. The van der Waals surface area contributed by atoms with Gasteiger partial charge in [0.25, 0.3) is 10.1 Å². The number of ketones is 1. The molecular weight excluding hydrogens is 449 g/mol. The van der Waals surface area contributed by atoms with Gasteiger partial charge in [-0.2, -0.15) is 8.42 Å². The summed E-state index contributed by atoms with van der Waals surface area (Å²) in [6, 6.07) is 4.00. The summed E-state index contributed by atoms with van der Waals surface area (Å²) in [5.74, 6) is -0.209. The minimum atomic E-state index is -4.50. The molecule has 184 valence electrons. The van der Waals surface area contributed by atoms with E-state index in [1.165, 1.54) is 63.5 Å². The van der Waals surface area contributed by atoms with E-state index in [0.29, 0.717) is 6.42 Å². The monoisotopic (exact) mass is 491 g/mol. The van der Waals surface area contributed by atoms with Gasteiger partial charge < -0.3 is 6.16 Å². The molecular formula is C25H42NNaO5S. The first-order valence-corrected chi connectivity index (χ1v) is 13.5. The van der Waals surface area contributed by atoms with Crippen LogP contribution < -0.4 is 40.0 Å². The zero-order valence-corrected chi connectivity index (χ0v) is 23.4. The van der Waals surface area contributed by atoms with E-state index >= 15 is 0 Å². The van der Waals surface area contributed by atoms with Gasteiger partial charge in [-0.25, -0.2) is 0 Å². The first kappa shape index (κ1) is 32.3.